The number of aromatic nitrogens is 1. The SMILES string of the molecule is CC(Nc1ccc2ccccc2n1)C(=O)NC(C)(C)C. The summed E-state index contributed by atoms with van der Waals surface area (Å²) in [6.07, 6.45) is 0. The maximum atomic E-state index is 12.0. The molecule has 2 N–H and O–H groups in total. The maximum absolute atomic E-state index is 12.0. The smallest absolute Gasteiger partial charge is 0.242 e. The summed E-state index contributed by atoms with van der Waals surface area (Å²) in [4.78, 5) is 16.5. The zero-order valence-corrected chi connectivity index (χ0v) is 12.4. The van der Waals surface area contributed by atoms with Crippen molar-refractivity contribution in [2.45, 2.75) is 39.3 Å². The van der Waals surface area contributed by atoms with Crippen molar-refractivity contribution < 1.29 is 4.79 Å². The first-order chi connectivity index (χ1) is 9.35. The van der Waals surface area contributed by atoms with Gasteiger partial charge in [0.15, 0.2) is 0 Å². The predicted molar refractivity (Wildman–Crippen MR) is 82.7 cm³/mol. The van der Waals surface area contributed by atoms with Crippen LogP contribution in [0.1, 0.15) is 27.7 Å². The first-order valence-electron chi connectivity index (χ1n) is 6.79. The number of pyridine rings is 1. The molecule has 1 amide bonds. The van der Waals surface area contributed by atoms with Crippen LogP contribution in [0.4, 0.5) is 5.82 Å². The molecule has 1 heterocycles. The molecule has 2 rings (SSSR count). The minimum atomic E-state index is -0.331. The van der Waals surface area contributed by atoms with Crippen molar-refractivity contribution in [3.63, 3.8) is 0 Å². The van der Waals surface area contributed by atoms with Crippen molar-refractivity contribution >= 4 is 22.6 Å². The Labute approximate surface area is 119 Å². The van der Waals surface area contributed by atoms with Gasteiger partial charge < -0.3 is 10.6 Å². The van der Waals surface area contributed by atoms with Gasteiger partial charge >= 0.3 is 0 Å². The van der Waals surface area contributed by atoms with Crippen LogP contribution in [0.2, 0.25) is 0 Å². The van der Waals surface area contributed by atoms with E-state index in [-0.39, 0.29) is 17.5 Å². The van der Waals surface area contributed by atoms with E-state index in [1.165, 1.54) is 0 Å². The summed E-state index contributed by atoms with van der Waals surface area (Å²) in [6.45, 7) is 7.72. The lowest BCUT2D eigenvalue weighted by Crippen LogP contribution is -2.47. The van der Waals surface area contributed by atoms with E-state index in [2.05, 4.69) is 15.6 Å². The van der Waals surface area contributed by atoms with Crippen LogP contribution in [0.25, 0.3) is 10.9 Å². The van der Waals surface area contributed by atoms with E-state index in [9.17, 15) is 4.79 Å². The van der Waals surface area contributed by atoms with Crippen LogP contribution in [0, 0.1) is 0 Å². The van der Waals surface area contributed by atoms with Gasteiger partial charge in [-0.1, -0.05) is 18.2 Å². The third kappa shape index (κ3) is 3.70. The number of carbonyl (C=O) groups is 1. The predicted octanol–water partition coefficient (Wildman–Crippen LogP) is 2.95. The van der Waals surface area contributed by atoms with Gasteiger partial charge in [-0.3, -0.25) is 4.79 Å². The number of nitrogens with one attached hydrogen (secondary N) is 2. The molecule has 0 saturated carbocycles. The molecule has 4 nitrogen and oxygen atoms in total. The lowest BCUT2D eigenvalue weighted by molar-refractivity contribution is -0.122. The molecule has 0 fully saturated rings. The van der Waals surface area contributed by atoms with Crippen molar-refractivity contribution in [1.82, 2.24) is 10.3 Å². The third-order valence-electron chi connectivity index (χ3n) is 2.85. The van der Waals surface area contributed by atoms with E-state index in [1.807, 2.05) is 64.1 Å². The summed E-state index contributed by atoms with van der Waals surface area (Å²) in [6, 6.07) is 11.5. The molecule has 0 aliphatic heterocycles. The summed E-state index contributed by atoms with van der Waals surface area (Å²) in [7, 11) is 0. The molecule has 0 saturated heterocycles. The molecule has 0 aliphatic carbocycles. The number of nitrogens with zero attached hydrogens (tertiary/aromatic N) is 1. The monoisotopic (exact) mass is 271 g/mol. The van der Waals surface area contributed by atoms with Crippen molar-refractivity contribution in [1.29, 1.82) is 0 Å². The number of rotatable bonds is 3. The molecule has 2 aromatic rings. The first-order valence-corrected chi connectivity index (χ1v) is 6.79. The molecular formula is C16H21N3O. The number of anilines is 1. The van der Waals surface area contributed by atoms with Crippen LogP contribution in [0.15, 0.2) is 36.4 Å². The van der Waals surface area contributed by atoms with Gasteiger partial charge in [0.1, 0.15) is 11.9 Å². The largest absolute Gasteiger partial charge is 0.359 e. The van der Waals surface area contributed by atoms with Gasteiger partial charge in [-0.25, -0.2) is 4.98 Å². The summed E-state index contributed by atoms with van der Waals surface area (Å²) >= 11 is 0. The minimum Gasteiger partial charge on any atom is -0.359 e. The van der Waals surface area contributed by atoms with E-state index in [4.69, 9.17) is 0 Å². The first kappa shape index (κ1) is 14.3. The van der Waals surface area contributed by atoms with Crippen molar-refractivity contribution in [2.24, 2.45) is 0 Å². The fourth-order valence-electron chi connectivity index (χ4n) is 1.91. The second-order valence-corrected chi connectivity index (χ2v) is 5.99. The Hall–Kier alpha value is -2.10. The molecule has 1 aromatic heterocycles. The fourth-order valence-corrected chi connectivity index (χ4v) is 1.91. The highest BCUT2D eigenvalue weighted by Crippen LogP contribution is 2.15. The van der Waals surface area contributed by atoms with Crippen LogP contribution in [-0.2, 0) is 4.79 Å². The lowest BCUT2D eigenvalue weighted by Gasteiger charge is -2.24. The quantitative estimate of drug-likeness (QED) is 0.902. The zero-order chi connectivity index (χ0) is 14.8. The summed E-state index contributed by atoms with van der Waals surface area (Å²) in [5.41, 5.74) is 0.685. The third-order valence-corrected chi connectivity index (χ3v) is 2.85. The molecule has 0 radical (unpaired) electrons. The molecule has 1 unspecified atom stereocenters. The highest BCUT2D eigenvalue weighted by molar-refractivity contribution is 5.85. The molecule has 20 heavy (non-hydrogen) atoms. The summed E-state index contributed by atoms with van der Waals surface area (Å²) < 4.78 is 0. The van der Waals surface area contributed by atoms with Gasteiger partial charge in [0.05, 0.1) is 5.52 Å². The van der Waals surface area contributed by atoms with E-state index in [0.29, 0.717) is 5.82 Å². The number of para-hydroxylation sites is 1. The van der Waals surface area contributed by atoms with Gasteiger partial charge in [0, 0.05) is 10.9 Å². The lowest BCUT2D eigenvalue weighted by atomic mass is 10.1. The molecule has 4 heteroatoms. The second kappa shape index (κ2) is 5.49. The van der Waals surface area contributed by atoms with E-state index < -0.39 is 0 Å². The molecule has 0 aliphatic rings. The average molecular weight is 271 g/mol. The molecule has 0 spiro atoms. The van der Waals surface area contributed by atoms with Gasteiger partial charge in [0.25, 0.3) is 0 Å². The fraction of sp³-hybridized carbons (Fsp3) is 0.375. The Bertz CT molecular complexity index is 616. The number of carbonyl (C=O) groups excluding carboxylic acids is 1. The number of hydrogen-bond donors (Lipinski definition) is 2. The number of benzene rings is 1. The van der Waals surface area contributed by atoms with Gasteiger partial charge in [-0.2, -0.15) is 0 Å². The normalized spacial score (nSPS) is 13.0. The minimum absolute atomic E-state index is 0.0348. The van der Waals surface area contributed by atoms with Crippen LogP contribution in [0.3, 0.4) is 0 Å². The number of amides is 1. The highest BCUT2D eigenvalue weighted by atomic mass is 16.2. The molecule has 106 valence electrons. The summed E-state index contributed by atoms with van der Waals surface area (Å²) in [5.74, 6) is 0.674. The van der Waals surface area contributed by atoms with Crippen molar-refractivity contribution in [2.75, 3.05) is 5.32 Å². The van der Waals surface area contributed by atoms with Gasteiger partial charge in [0.2, 0.25) is 5.91 Å². The Morgan fingerprint density at radius 2 is 1.85 bits per heavy atom. The average Bonchev–Trinajstić information content (AvgIpc) is 2.36. The van der Waals surface area contributed by atoms with Crippen molar-refractivity contribution in [3.8, 4) is 0 Å². The van der Waals surface area contributed by atoms with E-state index >= 15 is 0 Å². The maximum Gasteiger partial charge on any atom is 0.242 e. The number of hydrogen-bond acceptors (Lipinski definition) is 3. The second-order valence-electron chi connectivity index (χ2n) is 5.99. The molecular weight excluding hydrogens is 250 g/mol. The van der Waals surface area contributed by atoms with Crippen LogP contribution < -0.4 is 10.6 Å². The Kier molecular flexibility index (Phi) is 3.93. The Morgan fingerprint density at radius 3 is 2.55 bits per heavy atom. The van der Waals surface area contributed by atoms with Crippen LogP contribution in [-0.4, -0.2) is 22.5 Å². The zero-order valence-electron chi connectivity index (χ0n) is 12.4. The van der Waals surface area contributed by atoms with Crippen molar-refractivity contribution in [3.05, 3.63) is 36.4 Å². The van der Waals surface area contributed by atoms with E-state index in [1.54, 1.807) is 0 Å². The van der Waals surface area contributed by atoms with Gasteiger partial charge in [-0.05, 0) is 45.9 Å². The van der Waals surface area contributed by atoms with E-state index in [0.717, 1.165) is 10.9 Å². The molecule has 1 atom stereocenters. The standard InChI is InChI=1S/C16H21N3O/c1-11(15(20)19-16(2,3)4)17-14-10-9-12-7-5-6-8-13(12)18-14/h5-11H,1-4H3,(H,17,18)(H,19,20). The van der Waals surface area contributed by atoms with Crippen LogP contribution >= 0.6 is 0 Å². The van der Waals surface area contributed by atoms with Crippen LogP contribution in [0.5, 0.6) is 0 Å². The number of fused-ring (bicyclic) bond motifs is 1. The molecule has 0 bridgehead atoms. The highest BCUT2D eigenvalue weighted by Gasteiger charge is 2.19. The summed E-state index contributed by atoms with van der Waals surface area (Å²) in [5, 5.41) is 7.17. The Balaban J connectivity index is 2.09. The molecule has 1 aromatic carbocycles. The topological polar surface area (TPSA) is 54.0 Å². The Morgan fingerprint density at radius 1 is 1.15 bits per heavy atom. The van der Waals surface area contributed by atoms with Gasteiger partial charge in [-0.15, -0.1) is 0 Å².